The van der Waals surface area contributed by atoms with Crippen molar-refractivity contribution in [2.24, 2.45) is 0 Å². The molecule has 3 rings (SSSR count). The standard InChI is InChI=1S/C18H18FNO/c1-4-21-12(3)18-16-10-13(19)6-7-14(16)15-9-11(2)5-8-17(15)20-18/h5-10,12H,4H2,1-3H3. The van der Waals surface area contributed by atoms with E-state index in [0.29, 0.717) is 6.61 Å². The number of pyridine rings is 1. The number of fused-ring (bicyclic) bond motifs is 3. The van der Waals surface area contributed by atoms with Crippen molar-refractivity contribution in [3.63, 3.8) is 0 Å². The molecular formula is C18H18FNO. The molecule has 0 aliphatic carbocycles. The summed E-state index contributed by atoms with van der Waals surface area (Å²) < 4.78 is 19.3. The van der Waals surface area contributed by atoms with Gasteiger partial charge in [-0.2, -0.15) is 0 Å². The van der Waals surface area contributed by atoms with Gasteiger partial charge in [0.05, 0.1) is 17.3 Å². The zero-order valence-electron chi connectivity index (χ0n) is 12.5. The molecule has 0 saturated heterocycles. The minimum atomic E-state index is -0.249. The summed E-state index contributed by atoms with van der Waals surface area (Å²) in [5.41, 5.74) is 2.88. The molecule has 0 saturated carbocycles. The molecule has 1 unspecified atom stereocenters. The summed E-state index contributed by atoms with van der Waals surface area (Å²) in [5, 5.41) is 2.90. The van der Waals surface area contributed by atoms with Crippen molar-refractivity contribution in [3.8, 4) is 0 Å². The molecule has 0 fully saturated rings. The van der Waals surface area contributed by atoms with Crippen LogP contribution in [0, 0.1) is 12.7 Å². The molecule has 2 nitrogen and oxygen atoms in total. The van der Waals surface area contributed by atoms with Crippen LogP contribution >= 0.6 is 0 Å². The first-order chi connectivity index (χ1) is 10.1. The highest BCUT2D eigenvalue weighted by Crippen LogP contribution is 2.31. The number of benzene rings is 2. The van der Waals surface area contributed by atoms with Crippen LogP contribution in [0.15, 0.2) is 36.4 Å². The number of nitrogens with zero attached hydrogens (tertiary/aromatic N) is 1. The number of hydrogen-bond donors (Lipinski definition) is 0. The van der Waals surface area contributed by atoms with E-state index in [1.807, 2.05) is 39.0 Å². The molecule has 3 aromatic rings. The van der Waals surface area contributed by atoms with Crippen molar-refractivity contribution >= 4 is 21.7 Å². The summed E-state index contributed by atoms with van der Waals surface area (Å²) in [5.74, 6) is -0.249. The van der Waals surface area contributed by atoms with E-state index in [1.165, 1.54) is 11.6 Å². The maximum atomic E-state index is 13.7. The van der Waals surface area contributed by atoms with Crippen LogP contribution in [0.25, 0.3) is 21.7 Å². The molecule has 108 valence electrons. The summed E-state index contributed by atoms with van der Waals surface area (Å²) in [6.45, 7) is 6.55. The monoisotopic (exact) mass is 283 g/mol. The molecule has 1 atom stereocenters. The lowest BCUT2D eigenvalue weighted by Gasteiger charge is -2.16. The smallest absolute Gasteiger partial charge is 0.123 e. The Morgan fingerprint density at radius 3 is 2.67 bits per heavy atom. The van der Waals surface area contributed by atoms with Gasteiger partial charge in [0.25, 0.3) is 0 Å². The van der Waals surface area contributed by atoms with Crippen molar-refractivity contribution in [1.82, 2.24) is 4.98 Å². The molecule has 1 heterocycles. The zero-order chi connectivity index (χ0) is 15.0. The molecule has 0 amide bonds. The van der Waals surface area contributed by atoms with Crippen molar-refractivity contribution in [2.45, 2.75) is 26.9 Å². The van der Waals surface area contributed by atoms with E-state index in [-0.39, 0.29) is 11.9 Å². The van der Waals surface area contributed by atoms with Gasteiger partial charge in [-0.3, -0.25) is 0 Å². The summed E-state index contributed by atoms with van der Waals surface area (Å²) in [6.07, 6.45) is -0.162. The Morgan fingerprint density at radius 1 is 1.10 bits per heavy atom. The average molecular weight is 283 g/mol. The highest BCUT2D eigenvalue weighted by Gasteiger charge is 2.15. The van der Waals surface area contributed by atoms with Gasteiger partial charge < -0.3 is 4.74 Å². The molecule has 3 heteroatoms. The number of rotatable bonds is 3. The van der Waals surface area contributed by atoms with E-state index in [1.54, 1.807) is 6.07 Å². The number of aromatic nitrogens is 1. The van der Waals surface area contributed by atoms with E-state index >= 15 is 0 Å². The van der Waals surface area contributed by atoms with E-state index in [4.69, 9.17) is 9.72 Å². The predicted molar refractivity (Wildman–Crippen MR) is 84.0 cm³/mol. The average Bonchev–Trinajstić information content (AvgIpc) is 2.46. The lowest BCUT2D eigenvalue weighted by molar-refractivity contribution is 0.0747. The van der Waals surface area contributed by atoms with Crippen molar-refractivity contribution < 1.29 is 9.13 Å². The third-order valence-corrected chi connectivity index (χ3v) is 3.74. The van der Waals surface area contributed by atoms with Crippen LogP contribution in [-0.4, -0.2) is 11.6 Å². The van der Waals surface area contributed by atoms with Crippen molar-refractivity contribution in [2.75, 3.05) is 6.61 Å². The first-order valence-corrected chi connectivity index (χ1v) is 7.21. The number of ether oxygens (including phenoxy) is 1. The second kappa shape index (κ2) is 5.41. The fourth-order valence-electron chi connectivity index (χ4n) is 2.76. The maximum Gasteiger partial charge on any atom is 0.123 e. The predicted octanol–water partition coefficient (Wildman–Crippen LogP) is 4.93. The lowest BCUT2D eigenvalue weighted by Crippen LogP contribution is -2.04. The zero-order valence-corrected chi connectivity index (χ0v) is 12.5. The third kappa shape index (κ3) is 2.49. The molecule has 0 aliphatic heterocycles. The Hall–Kier alpha value is -2.00. The molecule has 2 aromatic carbocycles. The van der Waals surface area contributed by atoms with Gasteiger partial charge in [0.1, 0.15) is 5.82 Å². The Labute approximate surface area is 123 Å². The van der Waals surface area contributed by atoms with Gasteiger partial charge in [0, 0.05) is 17.4 Å². The van der Waals surface area contributed by atoms with Gasteiger partial charge in [0.2, 0.25) is 0 Å². The molecule has 1 aromatic heterocycles. The van der Waals surface area contributed by atoms with Crippen LogP contribution in [0.4, 0.5) is 4.39 Å². The highest BCUT2D eigenvalue weighted by atomic mass is 19.1. The van der Waals surface area contributed by atoms with Gasteiger partial charge in [-0.25, -0.2) is 9.37 Å². The van der Waals surface area contributed by atoms with Crippen molar-refractivity contribution in [1.29, 1.82) is 0 Å². The lowest BCUT2D eigenvalue weighted by atomic mass is 10.0. The van der Waals surface area contributed by atoms with E-state index in [0.717, 1.165) is 27.4 Å². The quantitative estimate of drug-likeness (QED) is 0.636. The Morgan fingerprint density at radius 2 is 1.90 bits per heavy atom. The fraction of sp³-hybridized carbons (Fsp3) is 0.278. The fourth-order valence-corrected chi connectivity index (χ4v) is 2.76. The second-order valence-corrected chi connectivity index (χ2v) is 5.31. The molecule has 0 N–H and O–H groups in total. The first kappa shape index (κ1) is 14.0. The van der Waals surface area contributed by atoms with Gasteiger partial charge in [-0.15, -0.1) is 0 Å². The van der Waals surface area contributed by atoms with Crippen LogP contribution < -0.4 is 0 Å². The van der Waals surface area contributed by atoms with Crippen LogP contribution in [0.2, 0.25) is 0 Å². The second-order valence-electron chi connectivity index (χ2n) is 5.31. The van der Waals surface area contributed by atoms with Crippen LogP contribution in [-0.2, 0) is 4.74 Å². The van der Waals surface area contributed by atoms with Gasteiger partial charge in [-0.1, -0.05) is 17.7 Å². The maximum absolute atomic E-state index is 13.7. The largest absolute Gasteiger partial charge is 0.372 e. The Balaban J connectivity index is 2.39. The summed E-state index contributed by atoms with van der Waals surface area (Å²) >= 11 is 0. The van der Waals surface area contributed by atoms with Crippen LogP contribution in [0.3, 0.4) is 0 Å². The van der Waals surface area contributed by atoms with Crippen LogP contribution in [0.5, 0.6) is 0 Å². The van der Waals surface area contributed by atoms with Gasteiger partial charge >= 0.3 is 0 Å². The molecule has 0 aliphatic rings. The molecule has 0 bridgehead atoms. The SMILES string of the molecule is CCOC(C)c1nc2ccc(C)cc2c2ccc(F)cc12. The molecule has 0 spiro atoms. The van der Waals surface area contributed by atoms with E-state index in [2.05, 4.69) is 6.07 Å². The number of halogens is 1. The summed E-state index contributed by atoms with van der Waals surface area (Å²) in [4.78, 5) is 4.71. The third-order valence-electron chi connectivity index (χ3n) is 3.74. The number of aryl methyl sites for hydroxylation is 1. The van der Waals surface area contributed by atoms with Crippen molar-refractivity contribution in [3.05, 3.63) is 53.5 Å². The molecule has 21 heavy (non-hydrogen) atoms. The minimum absolute atomic E-state index is 0.162. The number of hydrogen-bond acceptors (Lipinski definition) is 2. The van der Waals surface area contributed by atoms with E-state index < -0.39 is 0 Å². The molecular weight excluding hydrogens is 265 g/mol. The Bertz CT molecular complexity index is 813. The highest BCUT2D eigenvalue weighted by molar-refractivity contribution is 6.06. The van der Waals surface area contributed by atoms with Gasteiger partial charge in [0.15, 0.2) is 0 Å². The topological polar surface area (TPSA) is 22.1 Å². The first-order valence-electron chi connectivity index (χ1n) is 7.21. The minimum Gasteiger partial charge on any atom is -0.372 e. The van der Waals surface area contributed by atoms with Crippen LogP contribution in [0.1, 0.15) is 31.2 Å². The summed E-state index contributed by atoms with van der Waals surface area (Å²) in [7, 11) is 0. The van der Waals surface area contributed by atoms with Gasteiger partial charge in [-0.05, 0) is 50.4 Å². The molecule has 0 radical (unpaired) electrons. The summed E-state index contributed by atoms with van der Waals surface area (Å²) in [6, 6.07) is 11.0. The van der Waals surface area contributed by atoms with E-state index in [9.17, 15) is 4.39 Å². The Kier molecular flexibility index (Phi) is 3.60. The normalized spacial score (nSPS) is 13.0.